The molecule has 0 unspecified atom stereocenters. The summed E-state index contributed by atoms with van der Waals surface area (Å²) >= 11 is 5.97. The van der Waals surface area contributed by atoms with Gasteiger partial charge in [0.1, 0.15) is 17.2 Å². The fraction of sp³-hybridized carbons (Fsp3) is 0.267. The van der Waals surface area contributed by atoms with Crippen molar-refractivity contribution in [2.75, 3.05) is 0 Å². The van der Waals surface area contributed by atoms with Crippen molar-refractivity contribution >= 4 is 40.5 Å². The highest BCUT2D eigenvalue weighted by Crippen LogP contribution is 2.25. The van der Waals surface area contributed by atoms with Crippen LogP contribution in [-0.4, -0.2) is 21.7 Å². The van der Waals surface area contributed by atoms with E-state index in [1.165, 1.54) is 0 Å². The van der Waals surface area contributed by atoms with E-state index in [1.807, 2.05) is 26.8 Å². The number of pyridine rings is 1. The van der Waals surface area contributed by atoms with Gasteiger partial charge in [-0.25, -0.2) is 9.98 Å². The molecule has 6 heteroatoms. The fourth-order valence-electron chi connectivity index (χ4n) is 2.09. The van der Waals surface area contributed by atoms with E-state index in [1.54, 1.807) is 18.5 Å². The third-order valence-corrected chi connectivity index (χ3v) is 3.44. The molecule has 1 aliphatic rings. The van der Waals surface area contributed by atoms with E-state index >= 15 is 0 Å². The van der Waals surface area contributed by atoms with E-state index in [-0.39, 0.29) is 11.3 Å². The summed E-state index contributed by atoms with van der Waals surface area (Å²) in [6.45, 7) is 6.01. The number of amides is 1. The number of fused-ring (bicyclic) bond motifs is 1. The molecule has 1 aliphatic heterocycles. The first-order valence-corrected chi connectivity index (χ1v) is 6.97. The third-order valence-electron chi connectivity index (χ3n) is 3.23. The number of amidine groups is 1. The van der Waals surface area contributed by atoms with Crippen LogP contribution >= 0.6 is 11.6 Å². The first-order valence-electron chi connectivity index (χ1n) is 6.59. The molecule has 21 heavy (non-hydrogen) atoms. The molecule has 2 N–H and O–H groups in total. The lowest BCUT2D eigenvalue weighted by Crippen LogP contribution is -2.34. The first kappa shape index (κ1) is 13.8. The average molecular weight is 303 g/mol. The fourth-order valence-corrected chi connectivity index (χ4v) is 2.25. The van der Waals surface area contributed by atoms with Crippen molar-refractivity contribution in [2.45, 2.75) is 20.8 Å². The standard InChI is InChI=1S/C15H15ClN4O/c1-15(2,3)14-19-11(13(21)20-14)4-8-6-17-12-10(8)5-9(16)7-18-12/h4-7H,1-3H3,(H,17,18)(H,19,20,21)/b11-4-. The molecule has 0 aliphatic carbocycles. The topological polar surface area (TPSA) is 70.1 Å². The summed E-state index contributed by atoms with van der Waals surface area (Å²) in [4.78, 5) is 23.7. The van der Waals surface area contributed by atoms with Crippen LogP contribution in [0.2, 0.25) is 5.02 Å². The molecule has 3 heterocycles. The van der Waals surface area contributed by atoms with Crippen LogP contribution in [0.5, 0.6) is 0 Å². The van der Waals surface area contributed by atoms with Crippen molar-refractivity contribution in [1.29, 1.82) is 0 Å². The molecule has 2 aromatic rings. The summed E-state index contributed by atoms with van der Waals surface area (Å²) in [5.41, 5.74) is 1.76. The summed E-state index contributed by atoms with van der Waals surface area (Å²) in [6, 6.07) is 1.81. The largest absolute Gasteiger partial charge is 0.346 e. The molecule has 0 bridgehead atoms. The highest BCUT2D eigenvalue weighted by atomic mass is 35.5. The Morgan fingerprint density at radius 3 is 2.76 bits per heavy atom. The number of rotatable bonds is 1. The van der Waals surface area contributed by atoms with Crippen LogP contribution in [0, 0.1) is 5.41 Å². The SMILES string of the molecule is CC(C)(C)C1=N/C(=C\c2c[nH]c3ncc(Cl)cc23)C(=O)N1. The molecule has 1 amide bonds. The van der Waals surface area contributed by atoms with Gasteiger partial charge in [-0.2, -0.15) is 0 Å². The second kappa shape index (κ2) is 4.70. The van der Waals surface area contributed by atoms with Gasteiger partial charge in [0.05, 0.1) is 5.02 Å². The van der Waals surface area contributed by atoms with Gasteiger partial charge in [0.15, 0.2) is 0 Å². The first-order chi connectivity index (χ1) is 9.84. The van der Waals surface area contributed by atoms with Crippen LogP contribution < -0.4 is 5.32 Å². The number of hydrogen-bond acceptors (Lipinski definition) is 3. The molecule has 2 aromatic heterocycles. The van der Waals surface area contributed by atoms with Crippen molar-refractivity contribution in [1.82, 2.24) is 15.3 Å². The predicted molar refractivity (Wildman–Crippen MR) is 84.1 cm³/mol. The van der Waals surface area contributed by atoms with Crippen LogP contribution in [0.15, 0.2) is 29.1 Å². The summed E-state index contributed by atoms with van der Waals surface area (Å²) in [5.74, 6) is 0.485. The lowest BCUT2D eigenvalue weighted by molar-refractivity contribution is -0.115. The van der Waals surface area contributed by atoms with E-state index in [0.29, 0.717) is 16.6 Å². The number of H-pyrrole nitrogens is 1. The van der Waals surface area contributed by atoms with Gasteiger partial charge in [-0.05, 0) is 12.1 Å². The van der Waals surface area contributed by atoms with Crippen LogP contribution in [0.25, 0.3) is 17.1 Å². The summed E-state index contributed by atoms with van der Waals surface area (Å²) in [5, 5.41) is 4.22. The highest BCUT2D eigenvalue weighted by Gasteiger charge is 2.28. The molecule has 3 rings (SSSR count). The number of carbonyl (C=O) groups excluding carboxylic acids is 1. The van der Waals surface area contributed by atoms with Gasteiger partial charge in [-0.15, -0.1) is 0 Å². The Labute approximate surface area is 127 Å². The summed E-state index contributed by atoms with van der Waals surface area (Å²) in [6.07, 6.45) is 5.11. The zero-order valence-electron chi connectivity index (χ0n) is 12.0. The molecular formula is C15H15ClN4O. The normalized spacial score (nSPS) is 17.4. The minimum absolute atomic E-state index is 0.190. The number of carbonyl (C=O) groups is 1. The van der Waals surface area contributed by atoms with Gasteiger partial charge in [-0.3, -0.25) is 4.79 Å². The number of nitrogens with zero attached hydrogens (tertiary/aromatic N) is 2. The minimum atomic E-state index is -0.198. The Morgan fingerprint density at radius 2 is 2.10 bits per heavy atom. The molecule has 0 saturated carbocycles. The summed E-state index contributed by atoms with van der Waals surface area (Å²) < 4.78 is 0. The van der Waals surface area contributed by atoms with E-state index in [9.17, 15) is 4.79 Å². The van der Waals surface area contributed by atoms with Crippen molar-refractivity contribution in [3.63, 3.8) is 0 Å². The third kappa shape index (κ3) is 2.56. The number of aliphatic imine (C=N–C) groups is 1. The second-order valence-corrected chi connectivity index (χ2v) is 6.42. The zero-order chi connectivity index (χ0) is 15.2. The molecule has 0 spiro atoms. The molecule has 0 saturated heterocycles. The Kier molecular flexibility index (Phi) is 3.10. The van der Waals surface area contributed by atoms with E-state index in [2.05, 4.69) is 20.3 Å². The molecular weight excluding hydrogens is 288 g/mol. The van der Waals surface area contributed by atoms with Crippen molar-refractivity contribution < 1.29 is 4.79 Å². The molecule has 0 atom stereocenters. The van der Waals surface area contributed by atoms with E-state index < -0.39 is 0 Å². The Hall–Kier alpha value is -2.14. The number of aromatic nitrogens is 2. The second-order valence-electron chi connectivity index (χ2n) is 5.99. The Bertz CT molecular complexity index is 796. The van der Waals surface area contributed by atoms with Crippen LogP contribution in [0.4, 0.5) is 0 Å². The zero-order valence-corrected chi connectivity index (χ0v) is 12.7. The number of nitrogens with one attached hydrogen (secondary N) is 2. The van der Waals surface area contributed by atoms with Gasteiger partial charge in [0.2, 0.25) is 0 Å². The molecule has 108 valence electrons. The smallest absolute Gasteiger partial charge is 0.275 e. The van der Waals surface area contributed by atoms with Gasteiger partial charge in [0.25, 0.3) is 5.91 Å². The van der Waals surface area contributed by atoms with Gasteiger partial charge in [0, 0.05) is 28.8 Å². The number of halogens is 1. The van der Waals surface area contributed by atoms with Crippen molar-refractivity contribution in [3.8, 4) is 0 Å². The summed E-state index contributed by atoms with van der Waals surface area (Å²) in [7, 11) is 0. The monoisotopic (exact) mass is 302 g/mol. The Morgan fingerprint density at radius 1 is 1.33 bits per heavy atom. The maximum absolute atomic E-state index is 12.0. The van der Waals surface area contributed by atoms with Gasteiger partial charge in [-0.1, -0.05) is 32.4 Å². The van der Waals surface area contributed by atoms with Crippen molar-refractivity contribution in [3.05, 3.63) is 34.7 Å². The number of hydrogen-bond donors (Lipinski definition) is 2. The maximum atomic E-state index is 12.0. The quantitative estimate of drug-likeness (QED) is 0.795. The Balaban J connectivity index is 2.06. The van der Waals surface area contributed by atoms with Crippen LogP contribution in [0.1, 0.15) is 26.3 Å². The van der Waals surface area contributed by atoms with Crippen molar-refractivity contribution in [2.24, 2.45) is 10.4 Å². The van der Waals surface area contributed by atoms with Gasteiger partial charge < -0.3 is 10.3 Å². The number of aromatic amines is 1. The maximum Gasteiger partial charge on any atom is 0.275 e. The molecule has 0 fully saturated rings. The average Bonchev–Trinajstić information content (AvgIpc) is 2.95. The minimum Gasteiger partial charge on any atom is -0.346 e. The predicted octanol–water partition coefficient (Wildman–Crippen LogP) is 3.13. The lowest BCUT2D eigenvalue weighted by Gasteiger charge is -2.16. The van der Waals surface area contributed by atoms with Crippen LogP contribution in [-0.2, 0) is 4.79 Å². The molecule has 0 aromatic carbocycles. The lowest BCUT2D eigenvalue weighted by atomic mass is 9.95. The van der Waals surface area contributed by atoms with E-state index in [0.717, 1.165) is 16.6 Å². The highest BCUT2D eigenvalue weighted by molar-refractivity contribution is 6.31. The van der Waals surface area contributed by atoms with E-state index in [4.69, 9.17) is 11.6 Å². The molecule has 0 radical (unpaired) electrons. The van der Waals surface area contributed by atoms with Crippen LogP contribution in [0.3, 0.4) is 0 Å². The van der Waals surface area contributed by atoms with Gasteiger partial charge >= 0.3 is 0 Å². The molecule has 5 nitrogen and oxygen atoms in total.